The fraction of sp³-hybridized carbons (Fsp3) is 0.833. The van der Waals surface area contributed by atoms with E-state index in [0.717, 1.165) is 0 Å². The van der Waals surface area contributed by atoms with Gasteiger partial charge in [-0.05, 0) is 31.4 Å². The largest absolute Gasteiger partial charge is 0.388 e. The molecule has 2 bridgehead atoms. The molecule has 2 fully saturated rings. The molecule has 0 radical (unpaired) electrons. The van der Waals surface area contributed by atoms with E-state index in [0.29, 0.717) is 29.0 Å². The van der Waals surface area contributed by atoms with Gasteiger partial charge in [-0.1, -0.05) is 19.9 Å². The van der Waals surface area contributed by atoms with Crippen molar-refractivity contribution in [3.63, 3.8) is 0 Å². The molecule has 0 aromatic carbocycles. The highest BCUT2D eigenvalue weighted by Crippen LogP contribution is 2.50. The SMILES string of the molecule is CC1(C)CC2(C)NC1CC1NC=CC12. The van der Waals surface area contributed by atoms with Gasteiger partial charge in [0.15, 0.2) is 0 Å². The number of piperidine rings is 1. The quantitative estimate of drug-likeness (QED) is 0.609. The summed E-state index contributed by atoms with van der Waals surface area (Å²) in [5.74, 6) is 0.695. The molecule has 3 rings (SSSR count). The summed E-state index contributed by atoms with van der Waals surface area (Å²) in [6.45, 7) is 7.20. The van der Waals surface area contributed by atoms with Gasteiger partial charge in [0, 0.05) is 23.5 Å². The minimum Gasteiger partial charge on any atom is -0.388 e. The minimum absolute atomic E-state index is 0.330. The Labute approximate surface area is 86.1 Å². The second-order valence-electron chi connectivity index (χ2n) is 6.17. The number of rotatable bonds is 0. The second kappa shape index (κ2) is 2.35. The number of hydrogen-bond donors (Lipinski definition) is 2. The van der Waals surface area contributed by atoms with E-state index in [4.69, 9.17) is 0 Å². The van der Waals surface area contributed by atoms with Gasteiger partial charge in [-0.2, -0.15) is 0 Å². The van der Waals surface area contributed by atoms with Crippen LogP contribution in [0.1, 0.15) is 33.6 Å². The van der Waals surface area contributed by atoms with Crippen molar-refractivity contribution in [2.24, 2.45) is 11.3 Å². The summed E-state index contributed by atoms with van der Waals surface area (Å²) in [4.78, 5) is 0. The zero-order chi connectivity index (χ0) is 9.97. The van der Waals surface area contributed by atoms with Crippen molar-refractivity contribution >= 4 is 0 Å². The van der Waals surface area contributed by atoms with E-state index in [-0.39, 0.29) is 0 Å². The predicted molar refractivity (Wildman–Crippen MR) is 57.9 cm³/mol. The molecule has 2 heteroatoms. The van der Waals surface area contributed by atoms with Gasteiger partial charge in [0.05, 0.1) is 0 Å². The van der Waals surface area contributed by atoms with Crippen molar-refractivity contribution in [2.45, 2.75) is 51.2 Å². The molecule has 0 aromatic heterocycles. The molecule has 3 aliphatic heterocycles. The molecule has 0 aliphatic carbocycles. The smallest absolute Gasteiger partial charge is 0.0351 e. The van der Waals surface area contributed by atoms with E-state index in [2.05, 4.69) is 43.7 Å². The molecule has 0 aromatic rings. The van der Waals surface area contributed by atoms with Gasteiger partial charge in [0.2, 0.25) is 0 Å². The molecule has 4 atom stereocenters. The lowest BCUT2D eigenvalue weighted by molar-refractivity contribution is 0.198. The topological polar surface area (TPSA) is 24.1 Å². The molecule has 4 unspecified atom stereocenters. The summed E-state index contributed by atoms with van der Waals surface area (Å²) in [6, 6.07) is 1.38. The third-order valence-corrected chi connectivity index (χ3v) is 4.54. The molecule has 2 saturated heterocycles. The molecular formula is C12H20N2. The Bertz CT molecular complexity index is 295. The van der Waals surface area contributed by atoms with Crippen LogP contribution in [0.25, 0.3) is 0 Å². The molecule has 0 spiro atoms. The Balaban J connectivity index is 1.99. The van der Waals surface area contributed by atoms with Crippen LogP contribution in [0.2, 0.25) is 0 Å². The first-order valence-electron chi connectivity index (χ1n) is 5.72. The average molecular weight is 192 g/mol. The van der Waals surface area contributed by atoms with Gasteiger partial charge in [0.25, 0.3) is 0 Å². The van der Waals surface area contributed by atoms with Crippen molar-refractivity contribution in [3.05, 3.63) is 12.3 Å². The fourth-order valence-corrected chi connectivity index (χ4v) is 3.95. The molecular weight excluding hydrogens is 172 g/mol. The normalized spacial score (nSPS) is 52.9. The predicted octanol–water partition coefficient (Wildman–Crippen LogP) is 1.64. The zero-order valence-electron chi connectivity index (χ0n) is 9.30. The molecule has 0 amide bonds. The number of fused-ring (bicyclic) bond motifs is 4. The van der Waals surface area contributed by atoms with Gasteiger partial charge < -0.3 is 10.6 Å². The summed E-state index contributed by atoms with van der Waals surface area (Å²) < 4.78 is 0. The molecule has 14 heavy (non-hydrogen) atoms. The van der Waals surface area contributed by atoms with E-state index >= 15 is 0 Å². The van der Waals surface area contributed by atoms with Crippen molar-refractivity contribution in [2.75, 3.05) is 0 Å². The van der Waals surface area contributed by atoms with E-state index in [1.165, 1.54) is 12.8 Å². The summed E-state index contributed by atoms with van der Waals surface area (Å²) in [7, 11) is 0. The van der Waals surface area contributed by atoms with E-state index in [9.17, 15) is 0 Å². The highest BCUT2D eigenvalue weighted by molar-refractivity contribution is 5.22. The van der Waals surface area contributed by atoms with Gasteiger partial charge >= 0.3 is 0 Å². The molecule has 2 N–H and O–H groups in total. The molecule has 78 valence electrons. The first-order chi connectivity index (χ1) is 6.51. The van der Waals surface area contributed by atoms with Crippen LogP contribution in [-0.4, -0.2) is 17.6 Å². The lowest BCUT2D eigenvalue weighted by atomic mass is 9.78. The van der Waals surface area contributed by atoms with Gasteiger partial charge in [-0.15, -0.1) is 0 Å². The molecule has 0 saturated carbocycles. The molecule has 3 aliphatic rings. The van der Waals surface area contributed by atoms with Crippen molar-refractivity contribution < 1.29 is 0 Å². The van der Waals surface area contributed by atoms with Crippen LogP contribution < -0.4 is 10.6 Å². The van der Waals surface area contributed by atoms with Gasteiger partial charge in [0.1, 0.15) is 0 Å². The monoisotopic (exact) mass is 192 g/mol. The van der Waals surface area contributed by atoms with E-state index in [1.807, 2.05) is 0 Å². The van der Waals surface area contributed by atoms with Crippen molar-refractivity contribution in [1.29, 1.82) is 0 Å². The number of hydrogen-bond acceptors (Lipinski definition) is 2. The Morgan fingerprint density at radius 2 is 2.07 bits per heavy atom. The van der Waals surface area contributed by atoms with Crippen LogP contribution in [0.4, 0.5) is 0 Å². The summed E-state index contributed by atoms with van der Waals surface area (Å²) >= 11 is 0. The van der Waals surface area contributed by atoms with E-state index in [1.54, 1.807) is 0 Å². The lowest BCUT2D eigenvalue weighted by Crippen LogP contribution is -2.57. The highest BCUT2D eigenvalue weighted by Gasteiger charge is 2.56. The molecule has 2 nitrogen and oxygen atoms in total. The second-order valence-corrected chi connectivity index (χ2v) is 6.17. The van der Waals surface area contributed by atoms with Crippen LogP contribution in [-0.2, 0) is 0 Å². The fourth-order valence-electron chi connectivity index (χ4n) is 3.95. The third kappa shape index (κ3) is 0.952. The lowest BCUT2D eigenvalue weighted by Gasteiger charge is -2.41. The van der Waals surface area contributed by atoms with Crippen LogP contribution in [0.5, 0.6) is 0 Å². The standard InChI is InChI=1S/C12H20N2/c1-11(2)7-12(3)8-4-5-13-9(8)6-10(11)14-12/h4-5,8-10,13-14H,6-7H2,1-3H3. The maximum atomic E-state index is 3.84. The maximum absolute atomic E-state index is 3.84. The van der Waals surface area contributed by atoms with Crippen molar-refractivity contribution in [3.8, 4) is 0 Å². The third-order valence-electron chi connectivity index (χ3n) is 4.54. The first-order valence-corrected chi connectivity index (χ1v) is 5.72. The summed E-state index contributed by atoms with van der Waals surface area (Å²) in [5.41, 5.74) is 0.797. The maximum Gasteiger partial charge on any atom is 0.0351 e. The van der Waals surface area contributed by atoms with E-state index < -0.39 is 0 Å². The van der Waals surface area contributed by atoms with Gasteiger partial charge in [-0.3, -0.25) is 0 Å². The Morgan fingerprint density at radius 1 is 1.29 bits per heavy atom. The zero-order valence-corrected chi connectivity index (χ0v) is 9.30. The van der Waals surface area contributed by atoms with Gasteiger partial charge in [-0.25, -0.2) is 0 Å². The van der Waals surface area contributed by atoms with Crippen molar-refractivity contribution in [1.82, 2.24) is 10.6 Å². The Kier molecular flexibility index (Phi) is 1.48. The average Bonchev–Trinajstić information content (AvgIpc) is 2.56. The minimum atomic E-state index is 0.330. The van der Waals surface area contributed by atoms with Crippen LogP contribution >= 0.6 is 0 Å². The highest BCUT2D eigenvalue weighted by atomic mass is 15.1. The van der Waals surface area contributed by atoms with Crippen LogP contribution in [0, 0.1) is 11.3 Å². The van der Waals surface area contributed by atoms with Crippen LogP contribution in [0.15, 0.2) is 12.3 Å². The Hall–Kier alpha value is -0.500. The molecule has 3 heterocycles. The summed E-state index contributed by atoms with van der Waals surface area (Å²) in [6.07, 6.45) is 7.09. The number of nitrogens with one attached hydrogen (secondary N) is 2. The Morgan fingerprint density at radius 3 is 2.86 bits per heavy atom. The van der Waals surface area contributed by atoms with Crippen LogP contribution in [0.3, 0.4) is 0 Å². The summed E-state index contributed by atoms with van der Waals surface area (Å²) in [5, 5.41) is 7.34. The first kappa shape index (κ1) is 8.78.